The van der Waals surface area contributed by atoms with Gasteiger partial charge in [-0.3, -0.25) is 0 Å². The zero-order valence-electron chi connectivity index (χ0n) is 11.0. The van der Waals surface area contributed by atoms with Crippen molar-refractivity contribution in [3.05, 3.63) is 0 Å². The molecule has 3 atom stereocenters. The van der Waals surface area contributed by atoms with Crippen LogP contribution in [0, 0.1) is 5.92 Å². The van der Waals surface area contributed by atoms with Gasteiger partial charge in [0, 0.05) is 38.9 Å². The fourth-order valence-electron chi connectivity index (χ4n) is 2.98. The third-order valence-corrected chi connectivity index (χ3v) is 4.34. The van der Waals surface area contributed by atoms with E-state index in [9.17, 15) is 0 Å². The average Bonchev–Trinajstić information content (AvgIpc) is 2.75. The molecule has 2 N–H and O–H groups in total. The lowest BCUT2D eigenvalue weighted by Gasteiger charge is -2.44. The van der Waals surface area contributed by atoms with Gasteiger partial charge in [0.1, 0.15) is 0 Å². The van der Waals surface area contributed by atoms with E-state index in [2.05, 4.69) is 6.92 Å². The van der Waals surface area contributed by atoms with Crippen LogP contribution < -0.4 is 5.73 Å². The molecule has 2 fully saturated rings. The van der Waals surface area contributed by atoms with Crippen molar-refractivity contribution in [2.75, 3.05) is 33.5 Å². The highest BCUT2D eigenvalue weighted by Crippen LogP contribution is 2.40. The Kier molecular flexibility index (Phi) is 4.08. The molecule has 0 radical (unpaired) electrons. The van der Waals surface area contributed by atoms with Gasteiger partial charge in [-0.05, 0) is 32.1 Å². The van der Waals surface area contributed by atoms with Gasteiger partial charge in [0.2, 0.25) is 0 Å². The maximum absolute atomic E-state index is 6.45. The van der Waals surface area contributed by atoms with Crippen LogP contribution in [-0.2, 0) is 14.2 Å². The number of rotatable bonds is 4. The first-order valence-electron chi connectivity index (χ1n) is 6.58. The summed E-state index contributed by atoms with van der Waals surface area (Å²) in [5, 5.41) is 0. The van der Waals surface area contributed by atoms with Gasteiger partial charge in [-0.25, -0.2) is 0 Å². The summed E-state index contributed by atoms with van der Waals surface area (Å²) < 4.78 is 16.6. The van der Waals surface area contributed by atoms with Crippen LogP contribution in [0.15, 0.2) is 0 Å². The fraction of sp³-hybridized carbons (Fsp3) is 1.00. The normalized spacial score (nSPS) is 37.2. The Hall–Kier alpha value is -0.160. The van der Waals surface area contributed by atoms with Crippen molar-refractivity contribution in [2.24, 2.45) is 11.7 Å². The molecule has 2 rings (SSSR count). The largest absolute Gasteiger partial charge is 0.385 e. The van der Waals surface area contributed by atoms with Crippen molar-refractivity contribution in [1.82, 2.24) is 0 Å². The molecule has 0 bridgehead atoms. The minimum absolute atomic E-state index is 0.0450. The van der Waals surface area contributed by atoms with Gasteiger partial charge in [-0.15, -0.1) is 0 Å². The SMILES string of the molecule is COCCC(C)(N)C1CCOC2(CCOC2)C1. The Labute approximate surface area is 104 Å². The molecule has 4 heteroatoms. The minimum atomic E-state index is -0.157. The van der Waals surface area contributed by atoms with Crippen molar-refractivity contribution < 1.29 is 14.2 Å². The first-order valence-corrected chi connectivity index (χ1v) is 6.58. The van der Waals surface area contributed by atoms with Crippen LogP contribution in [0.5, 0.6) is 0 Å². The maximum Gasteiger partial charge on any atom is 0.0940 e. The van der Waals surface area contributed by atoms with E-state index in [1.54, 1.807) is 7.11 Å². The lowest BCUT2D eigenvalue weighted by Crippen LogP contribution is -2.52. The maximum atomic E-state index is 6.45. The van der Waals surface area contributed by atoms with Gasteiger partial charge in [0.05, 0.1) is 12.2 Å². The summed E-state index contributed by atoms with van der Waals surface area (Å²) in [6, 6.07) is 0. The van der Waals surface area contributed by atoms with Crippen LogP contribution in [0.1, 0.15) is 32.6 Å². The van der Waals surface area contributed by atoms with Crippen LogP contribution >= 0.6 is 0 Å². The Morgan fingerprint density at radius 2 is 2.29 bits per heavy atom. The first-order chi connectivity index (χ1) is 8.08. The third kappa shape index (κ3) is 2.99. The quantitative estimate of drug-likeness (QED) is 0.809. The van der Waals surface area contributed by atoms with Gasteiger partial charge in [0.15, 0.2) is 0 Å². The van der Waals surface area contributed by atoms with E-state index in [4.69, 9.17) is 19.9 Å². The zero-order chi connectivity index (χ0) is 12.4. The van der Waals surface area contributed by atoms with Gasteiger partial charge >= 0.3 is 0 Å². The molecular formula is C13H25NO3. The number of ether oxygens (including phenoxy) is 3. The summed E-state index contributed by atoms with van der Waals surface area (Å²) >= 11 is 0. The highest BCUT2D eigenvalue weighted by atomic mass is 16.6. The van der Waals surface area contributed by atoms with E-state index < -0.39 is 0 Å². The van der Waals surface area contributed by atoms with E-state index in [1.807, 2.05) is 0 Å². The number of hydrogen-bond donors (Lipinski definition) is 1. The topological polar surface area (TPSA) is 53.7 Å². The lowest BCUT2D eigenvalue weighted by molar-refractivity contribution is -0.109. The van der Waals surface area contributed by atoms with Crippen molar-refractivity contribution in [3.8, 4) is 0 Å². The molecule has 2 heterocycles. The standard InChI is InChI=1S/C13H25NO3/c1-12(14,4-7-15-2)11-3-6-17-13(9-11)5-8-16-10-13/h11H,3-10,14H2,1-2H3. The minimum Gasteiger partial charge on any atom is -0.385 e. The molecule has 2 saturated heterocycles. The summed E-state index contributed by atoms with van der Waals surface area (Å²) in [5.41, 5.74) is 6.25. The molecule has 0 amide bonds. The number of methoxy groups -OCH3 is 1. The molecular weight excluding hydrogens is 218 g/mol. The average molecular weight is 243 g/mol. The fourth-order valence-corrected chi connectivity index (χ4v) is 2.98. The molecule has 4 nitrogen and oxygen atoms in total. The Morgan fingerprint density at radius 3 is 2.94 bits per heavy atom. The third-order valence-electron chi connectivity index (χ3n) is 4.34. The van der Waals surface area contributed by atoms with Gasteiger partial charge in [0.25, 0.3) is 0 Å². The van der Waals surface area contributed by atoms with Crippen LogP contribution in [0.2, 0.25) is 0 Å². The van der Waals surface area contributed by atoms with Gasteiger partial charge in [-0.2, -0.15) is 0 Å². The lowest BCUT2D eigenvalue weighted by atomic mass is 9.73. The predicted molar refractivity (Wildman–Crippen MR) is 65.9 cm³/mol. The predicted octanol–water partition coefficient (Wildman–Crippen LogP) is 1.33. The second kappa shape index (κ2) is 5.22. The van der Waals surface area contributed by atoms with E-state index in [-0.39, 0.29) is 11.1 Å². The molecule has 3 unspecified atom stereocenters. The molecule has 100 valence electrons. The summed E-state index contributed by atoms with van der Waals surface area (Å²) in [6.45, 7) is 5.25. The van der Waals surface area contributed by atoms with Crippen LogP contribution in [0.4, 0.5) is 0 Å². The molecule has 2 aliphatic heterocycles. The molecule has 0 saturated carbocycles. The highest BCUT2D eigenvalue weighted by Gasteiger charge is 2.45. The second-order valence-electron chi connectivity index (χ2n) is 5.77. The van der Waals surface area contributed by atoms with Gasteiger partial charge < -0.3 is 19.9 Å². The van der Waals surface area contributed by atoms with Crippen LogP contribution in [0.25, 0.3) is 0 Å². The Bertz CT molecular complexity index is 249. The summed E-state index contributed by atoms with van der Waals surface area (Å²) in [5.74, 6) is 0.508. The summed E-state index contributed by atoms with van der Waals surface area (Å²) in [7, 11) is 1.73. The van der Waals surface area contributed by atoms with E-state index >= 15 is 0 Å². The second-order valence-corrected chi connectivity index (χ2v) is 5.77. The Morgan fingerprint density at radius 1 is 1.47 bits per heavy atom. The highest BCUT2D eigenvalue weighted by molar-refractivity contribution is 4.97. The molecule has 0 aromatic carbocycles. The van der Waals surface area contributed by atoms with Gasteiger partial charge in [-0.1, -0.05) is 0 Å². The van der Waals surface area contributed by atoms with E-state index in [0.717, 1.165) is 52.1 Å². The molecule has 2 aliphatic rings. The van der Waals surface area contributed by atoms with E-state index in [1.165, 1.54) is 0 Å². The molecule has 17 heavy (non-hydrogen) atoms. The first kappa shape index (κ1) is 13.3. The van der Waals surface area contributed by atoms with Crippen LogP contribution in [0.3, 0.4) is 0 Å². The molecule has 0 aromatic heterocycles. The smallest absolute Gasteiger partial charge is 0.0940 e. The van der Waals surface area contributed by atoms with E-state index in [0.29, 0.717) is 5.92 Å². The zero-order valence-corrected chi connectivity index (χ0v) is 11.0. The van der Waals surface area contributed by atoms with Crippen molar-refractivity contribution in [1.29, 1.82) is 0 Å². The number of nitrogens with two attached hydrogens (primary N) is 1. The van der Waals surface area contributed by atoms with Crippen molar-refractivity contribution in [2.45, 2.75) is 43.7 Å². The monoisotopic (exact) mass is 243 g/mol. The van der Waals surface area contributed by atoms with Crippen molar-refractivity contribution in [3.63, 3.8) is 0 Å². The number of hydrogen-bond acceptors (Lipinski definition) is 4. The molecule has 1 spiro atoms. The summed E-state index contributed by atoms with van der Waals surface area (Å²) in [6.07, 6.45) is 4.01. The van der Waals surface area contributed by atoms with Crippen molar-refractivity contribution >= 4 is 0 Å². The summed E-state index contributed by atoms with van der Waals surface area (Å²) in [4.78, 5) is 0. The van der Waals surface area contributed by atoms with Crippen LogP contribution in [-0.4, -0.2) is 44.7 Å². The Balaban J connectivity index is 1.96. The molecule has 0 aliphatic carbocycles. The molecule has 0 aromatic rings.